The molecular weight excluding hydrogens is 253 g/mol. The van der Waals surface area contributed by atoms with Crippen LogP contribution in [0.5, 0.6) is 0 Å². The maximum atomic E-state index is 14.0. The number of primary amides is 1. The van der Waals surface area contributed by atoms with Crippen molar-refractivity contribution in [1.82, 2.24) is 0 Å². The van der Waals surface area contributed by atoms with E-state index in [-0.39, 0.29) is 17.6 Å². The van der Waals surface area contributed by atoms with Gasteiger partial charge in [-0.2, -0.15) is 0 Å². The van der Waals surface area contributed by atoms with Gasteiger partial charge in [-0.1, -0.05) is 12.2 Å². The minimum absolute atomic E-state index is 0.0407. The molecule has 0 unspecified atom stereocenters. The number of halogens is 1. The van der Waals surface area contributed by atoms with E-state index in [2.05, 4.69) is 0 Å². The van der Waals surface area contributed by atoms with Crippen molar-refractivity contribution in [3.63, 3.8) is 0 Å². The third kappa shape index (κ3) is 3.40. The molecule has 1 amide bonds. The first-order valence-electron chi connectivity index (χ1n) is 5.47. The Kier molecular flexibility index (Phi) is 4.61. The number of rotatable bonds is 5. The van der Waals surface area contributed by atoms with Crippen LogP contribution in [0.25, 0.3) is 0 Å². The maximum absolute atomic E-state index is 14.0. The summed E-state index contributed by atoms with van der Waals surface area (Å²) in [5.74, 6) is -0.989. The fourth-order valence-corrected chi connectivity index (χ4v) is 1.73. The predicted molar refractivity (Wildman–Crippen MR) is 74.0 cm³/mol. The smallest absolute Gasteiger partial charge is 0.236 e. The summed E-state index contributed by atoms with van der Waals surface area (Å²) in [5.41, 5.74) is 11.3. The summed E-state index contributed by atoms with van der Waals surface area (Å²) < 4.78 is 14.0. The van der Waals surface area contributed by atoms with Gasteiger partial charge >= 0.3 is 0 Å². The minimum Gasteiger partial charge on any atom is -0.389 e. The lowest BCUT2D eigenvalue weighted by atomic mass is 10.1. The summed E-state index contributed by atoms with van der Waals surface area (Å²) in [5, 5.41) is 0. The molecule has 0 saturated carbocycles. The Bertz CT molecular complexity index is 476. The zero-order chi connectivity index (χ0) is 13.9. The highest BCUT2D eigenvalue weighted by molar-refractivity contribution is 7.80. The Hall–Kier alpha value is -1.69. The molecule has 0 fully saturated rings. The maximum Gasteiger partial charge on any atom is 0.236 e. The zero-order valence-electron chi connectivity index (χ0n) is 10.3. The first-order valence-corrected chi connectivity index (χ1v) is 5.88. The van der Waals surface area contributed by atoms with Crippen LogP contribution in [0.3, 0.4) is 0 Å². The summed E-state index contributed by atoms with van der Waals surface area (Å²) in [4.78, 5) is 12.7. The van der Waals surface area contributed by atoms with Gasteiger partial charge in [0, 0.05) is 11.6 Å². The molecule has 1 aromatic rings. The van der Waals surface area contributed by atoms with Crippen molar-refractivity contribution < 1.29 is 9.18 Å². The second kappa shape index (κ2) is 5.77. The van der Waals surface area contributed by atoms with E-state index in [1.165, 1.54) is 6.07 Å². The molecular formula is C12H16FN3OS. The topological polar surface area (TPSA) is 72.3 Å². The summed E-state index contributed by atoms with van der Waals surface area (Å²) in [6.45, 7) is 3.66. The van der Waals surface area contributed by atoms with Crippen LogP contribution in [0.15, 0.2) is 18.2 Å². The molecule has 98 valence electrons. The Balaban J connectivity index is 3.13. The fraction of sp³-hybridized carbons (Fsp3) is 0.333. The van der Waals surface area contributed by atoms with Crippen molar-refractivity contribution in [3.8, 4) is 0 Å². The Morgan fingerprint density at radius 1 is 1.44 bits per heavy atom. The standard InChI is InChI=1S/C12H16FN3OS/c1-7(2)16(6-11(14)17)10-4-3-8(12(15)18)5-9(10)13/h3-5,7H,6H2,1-2H3,(H2,14,17)(H2,15,18). The van der Waals surface area contributed by atoms with E-state index >= 15 is 0 Å². The third-order valence-electron chi connectivity index (χ3n) is 2.49. The first kappa shape index (κ1) is 14.4. The first-order chi connectivity index (χ1) is 8.32. The SMILES string of the molecule is CC(C)N(CC(N)=O)c1ccc(C(N)=S)cc1F. The number of amides is 1. The van der Waals surface area contributed by atoms with Crippen LogP contribution in [-0.2, 0) is 4.79 Å². The van der Waals surface area contributed by atoms with Crippen LogP contribution in [0, 0.1) is 5.82 Å². The summed E-state index contributed by atoms with van der Waals surface area (Å²) in [6, 6.07) is 4.38. The largest absolute Gasteiger partial charge is 0.389 e. The second-order valence-corrected chi connectivity index (χ2v) is 4.66. The van der Waals surface area contributed by atoms with Crippen LogP contribution in [-0.4, -0.2) is 23.5 Å². The van der Waals surface area contributed by atoms with Crippen molar-refractivity contribution in [3.05, 3.63) is 29.6 Å². The average molecular weight is 269 g/mol. The fourth-order valence-electron chi connectivity index (χ4n) is 1.61. The Morgan fingerprint density at radius 3 is 2.44 bits per heavy atom. The van der Waals surface area contributed by atoms with E-state index in [0.29, 0.717) is 11.3 Å². The summed E-state index contributed by atoms with van der Waals surface area (Å²) in [7, 11) is 0. The van der Waals surface area contributed by atoms with E-state index in [9.17, 15) is 9.18 Å². The number of thiocarbonyl (C=S) groups is 1. The Labute approximate surface area is 111 Å². The van der Waals surface area contributed by atoms with Crippen LogP contribution in [0.4, 0.5) is 10.1 Å². The van der Waals surface area contributed by atoms with Crippen molar-refractivity contribution in [2.75, 3.05) is 11.4 Å². The van der Waals surface area contributed by atoms with Crippen LogP contribution < -0.4 is 16.4 Å². The number of benzene rings is 1. The van der Waals surface area contributed by atoms with Gasteiger partial charge in [-0.25, -0.2) is 4.39 Å². The number of hydrogen-bond donors (Lipinski definition) is 2. The molecule has 0 aliphatic heterocycles. The molecule has 0 aliphatic carbocycles. The molecule has 1 rings (SSSR count). The number of carbonyl (C=O) groups is 1. The molecule has 0 aliphatic rings. The number of nitrogens with two attached hydrogens (primary N) is 2. The van der Waals surface area contributed by atoms with Gasteiger partial charge in [0.15, 0.2) is 0 Å². The molecule has 0 heterocycles. The van der Waals surface area contributed by atoms with Gasteiger partial charge in [0.25, 0.3) is 0 Å². The van der Waals surface area contributed by atoms with Gasteiger partial charge in [-0.05, 0) is 32.0 Å². The zero-order valence-corrected chi connectivity index (χ0v) is 11.1. The van der Waals surface area contributed by atoms with Gasteiger partial charge in [0.1, 0.15) is 10.8 Å². The highest BCUT2D eigenvalue weighted by Crippen LogP contribution is 2.22. The molecule has 0 atom stereocenters. The summed E-state index contributed by atoms with van der Waals surface area (Å²) >= 11 is 4.78. The monoisotopic (exact) mass is 269 g/mol. The molecule has 4 N–H and O–H groups in total. The average Bonchev–Trinajstić information content (AvgIpc) is 2.25. The van der Waals surface area contributed by atoms with Gasteiger partial charge in [-0.3, -0.25) is 4.79 Å². The molecule has 0 saturated heterocycles. The second-order valence-electron chi connectivity index (χ2n) is 4.22. The molecule has 18 heavy (non-hydrogen) atoms. The lowest BCUT2D eigenvalue weighted by molar-refractivity contribution is -0.116. The van der Waals surface area contributed by atoms with E-state index in [1.54, 1.807) is 17.0 Å². The quantitative estimate of drug-likeness (QED) is 0.787. The van der Waals surface area contributed by atoms with Gasteiger partial charge in [0.05, 0.1) is 12.2 Å². The molecule has 0 radical (unpaired) electrons. The van der Waals surface area contributed by atoms with Crippen LogP contribution in [0.2, 0.25) is 0 Å². The lowest BCUT2D eigenvalue weighted by Gasteiger charge is -2.28. The van der Waals surface area contributed by atoms with Crippen molar-refractivity contribution in [2.45, 2.75) is 19.9 Å². The van der Waals surface area contributed by atoms with Gasteiger partial charge in [-0.15, -0.1) is 0 Å². The normalized spacial score (nSPS) is 10.4. The van der Waals surface area contributed by atoms with Gasteiger partial charge < -0.3 is 16.4 Å². The highest BCUT2D eigenvalue weighted by Gasteiger charge is 2.17. The number of carbonyl (C=O) groups excluding carboxylic acids is 1. The van der Waals surface area contributed by atoms with Gasteiger partial charge in [0.2, 0.25) is 5.91 Å². The minimum atomic E-state index is -0.512. The van der Waals surface area contributed by atoms with E-state index in [0.717, 1.165) is 0 Å². The number of anilines is 1. The van der Waals surface area contributed by atoms with Crippen molar-refractivity contribution in [2.24, 2.45) is 11.5 Å². The predicted octanol–water partition coefficient (Wildman–Crippen LogP) is 1.16. The van der Waals surface area contributed by atoms with E-state index in [4.69, 9.17) is 23.7 Å². The molecule has 6 heteroatoms. The molecule has 0 aromatic heterocycles. The van der Waals surface area contributed by atoms with Crippen molar-refractivity contribution >= 4 is 28.8 Å². The van der Waals surface area contributed by atoms with E-state index < -0.39 is 11.7 Å². The van der Waals surface area contributed by atoms with Crippen molar-refractivity contribution in [1.29, 1.82) is 0 Å². The van der Waals surface area contributed by atoms with Crippen LogP contribution in [0.1, 0.15) is 19.4 Å². The third-order valence-corrected chi connectivity index (χ3v) is 2.73. The Morgan fingerprint density at radius 2 is 2.06 bits per heavy atom. The number of nitrogens with zero attached hydrogens (tertiary/aromatic N) is 1. The van der Waals surface area contributed by atoms with E-state index in [1.807, 2.05) is 13.8 Å². The molecule has 0 spiro atoms. The molecule has 1 aromatic carbocycles. The molecule has 4 nitrogen and oxygen atoms in total. The number of hydrogen-bond acceptors (Lipinski definition) is 3. The molecule has 0 bridgehead atoms. The summed E-state index contributed by atoms with van der Waals surface area (Å²) in [6.07, 6.45) is 0. The van der Waals surface area contributed by atoms with Crippen LogP contribution >= 0.6 is 12.2 Å². The highest BCUT2D eigenvalue weighted by atomic mass is 32.1. The lowest BCUT2D eigenvalue weighted by Crippen LogP contribution is -2.39.